The fraction of sp³-hybridized carbons (Fsp3) is 0.0741. The van der Waals surface area contributed by atoms with Crippen molar-refractivity contribution in [3.05, 3.63) is 84.7 Å². The number of aromatic nitrogens is 4. The minimum Gasteiger partial charge on any atom is -0.506 e. The average Bonchev–Trinajstić information content (AvgIpc) is 3.18. The first kappa shape index (κ1) is 22.8. The van der Waals surface area contributed by atoms with E-state index in [1.807, 2.05) is 49.4 Å². The van der Waals surface area contributed by atoms with E-state index < -0.39 is 0 Å². The van der Waals surface area contributed by atoms with Crippen LogP contribution in [0.1, 0.15) is 5.56 Å². The van der Waals surface area contributed by atoms with E-state index in [9.17, 15) is 5.11 Å². The van der Waals surface area contributed by atoms with Gasteiger partial charge in [-0.25, -0.2) is 9.97 Å². The molecule has 4 heterocycles. The maximum absolute atomic E-state index is 10.1. The van der Waals surface area contributed by atoms with E-state index in [1.54, 1.807) is 25.4 Å². The van der Waals surface area contributed by atoms with Gasteiger partial charge in [-0.1, -0.05) is 17.0 Å². The molecule has 0 aliphatic heterocycles. The molecule has 2 aromatic carbocycles. The fourth-order valence-corrected chi connectivity index (χ4v) is 4.21. The molecule has 0 spiro atoms. The van der Waals surface area contributed by atoms with Crippen LogP contribution in [0, 0.1) is 13.0 Å². The summed E-state index contributed by atoms with van der Waals surface area (Å²) in [6, 6.07) is 22.1. The molecule has 0 radical (unpaired) electrons. The van der Waals surface area contributed by atoms with Gasteiger partial charge in [0.2, 0.25) is 5.88 Å². The summed E-state index contributed by atoms with van der Waals surface area (Å²) in [5.41, 5.74) is 3.83. The molecule has 8 heteroatoms. The first-order valence-electron chi connectivity index (χ1n) is 10.7. The first-order valence-corrected chi connectivity index (χ1v) is 10.7. The third-order valence-electron chi connectivity index (χ3n) is 5.74. The molecule has 0 fully saturated rings. The van der Waals surface area contributed by atoms with Gasteiger partial charge in [0.05, 0.1) is 12.6 Å². The van der Waals surface area contributed by atoms with Crippen LogP contribution in [-0.4, -0.2) is 31.7 Å². The molecule has 0 aliphatic rings. The number of hydrogen-bond donors (Lipinski definition) is 1. The molecule has 6 rings (SSSR count). The van der Waals surface area contributed by atoms with Crippen molar-refractivity contribution in [1.29, 1.82) is 0 Å². The second-order valence-electron chi connectivity index (χ2n) is 7.92. The van der Waals surface area contributed by atoms with Gasteiger partial charge in [0.15, 0.2) is 0 Å². The summed E-state index contributed by atoms with van der Waals surface area (Å²) in [6.45, 7) is 2.04. The molecule has 7 nitrogen and oxygen atoms in total. The topological polar surface area (TPSA) is 82.3 Å². The van der Waals surface area contributed by atoms with Crippen LogP contribution >= 0.6 is 0 Å². The van der Waals surface area contributed by atoms with Gasteiger partial charge < -0.3 is 19.1 Å². The van der Waals surface area contributed by atoms with Gasteiger partial charge in [-0.3, -0.25) is 4.98 Å². The van der Waals surface area contributed by atoms with Crippen molar-refractivity contribution in [2.24, 2.45) is 0 Å². The molecular weight excluding hydrogens is 623 g/mol. The zero-order chi connectivity index (χ0) is 23.2. The first-order chi connectivity index (χ1) is 16.6. The number of benzene rings is 2. The number of methoxy groups -OCH3 is 1. The van der Waals surface area contributed by atoms with Crippen molar-refractivity contribution in [2.75, 3.05) is 7.11 Å². The molecule has 4 aromatic heterocycles. The van der Waals surface area contributed by atoms with Crippen molar-refractivity contribution in [3.8, 4) is 28.9 Å². The number of aromatic hydroxyl groups is 1. The van der Waals surface area contributed by atoms with Gasteiger partial charge in [-0.05, 0) is 48.2 Å². The van der Waals surface area contributed by atoms with Crippen LogP contribution in [0.15, 0.2) is 73.1 Å². The minimum atomic E-state index is 0. The Hall–Kier alpha value is -3.96. The second kappa shape index (κ2) is 9.00. The molecule has 0 aliphatic carbocycles. The summed E-state index contributed by atoms with van der Waals surface area (Å²) in [7, 11) is 1.67. The number of rotatable bonds is 4. The van der Waals surface area contributed by atoms with Gasteiger partial charge in [0, 0.05) is 56.9 Å². The van der Waals surface area contributed by atoms with Crippen molar-refractivity contribution >= 4 is 32.8 Å². The monoisotopic (exact) mass is 642 g/mol. The number of nitrogens with zero attached hydrogens (tertiary/aromatic N) is 4. The molecule has 0 saturated carbocycles. The Balaban J connectivity index is 0.00000253. The standard InChI is InChI=1S/C27H19N4O3.Pt/c1-16-10-12-29-24(14-16)31-20-4-3-5-23(33-2)26(20)18-7-6-17(15-21(18)31)34-25-9-8-19-27(30-25)22(32)11-13-28-19;/h3-14H,1-2H3,(H,28,32);/q-1;. The Kier molecular flexibility index (Phi) is 5.87. The Bertz CT molecular complexity index is 1710. The van der Waals surface area contributed by atoms with Crippen LogP contribution in [0.2, 0.25) is 0 Å². The van der Waals surface area contributed by atoms with E-state index in [-0.39, 0.29) is 26.8 Å². The van der Waals surface area contributed by atoms with E-state index in [0.29, 0.717) is 22.7 Å². The molecule has 0 atom stereocenters. The van der Waals surface area contributed by atoms with Crippen LogP contribution in [0.5, 0.6) is 23.1 Å². The van der Waals surface area contributed by atoms with E-state index in [2.05, 4.69) is 25.6 Å². The van der Waals surface area contributed by atoms with Gasteiger partial charge in [-0.15, -0.1) is 12.1 Å². The molecular formula is C27H19N4O3Pt-. The van der Waals surface area contributed by atoms with Crippen LogP contribution in [0.25, 0.3) is 38.7 Å². The number of fused-ring (bicyclic) bond motifs is 4. The SMILES string of the molecule is COc1cccc2c1c1ccc(Oc3ccc4nccc(O)c4n3)[c-]c1n2-c1cc(C)ccn1.[Pt]. The predicted octanol–water partition coefficient (Wildman–Crippen LogP) is 5.73. The van der Waals surface area contributed by atoms with Gasteiger partial charge in [-0.2, -0.15) is 6.07 Å². The average molecular weight is 643 g/mol. The summed E-state index contributed by atoms with van der Waals surface area (Å²) in [5, 5.41) is 12.1. The van der Waals surface area contributed by atoms with E-state index in [1.165, 1.54) is 12.3 Å². The molecule has 0 bridgehead atoms. The normalized spacial score (nSPS) is 11.0. The maximum atomic E-state index is 10.1. The quantitative estimate of drug-likeness (QED) is 0.248. The summed E-state index contributed by atoms with van der Waals surface area (Å²) >= 11 is 0. The maximum Gasteiger partial charge on any atom is 0.217 e. The summed E-state index contributed by atoms with van der Waals surface area (Å²) < 4.78 is 13.8. The Labute approximate surface area is 215 Å². The van der Waals surface area contributed by atoms with Crippen LogP contribution in [0.4, 0.5) is 0 Å². The fourth-order valence-electron chi connectivity index (χ4n) is 4.21. The summed E-state index contributed by atoms with van der Waals surface area (Å²) in [6.07, 6.45) is 3.33. The second-order valence-corrected chi connectivity index (χ2v) is 7.92. The summed E-state index contributed by atoms with van der Waals surface area (Å²) in [5.74, 6) is 2.42. The van der Waals surface area contributed by atoms with E-state index in [0.717, 1.165) is 38.9 Å². The molecule has 6 aromatic rings. The van der Waals surface area contributed by atoms with Crippen molar-refractivity contribution in [1.82, 2.24) is 19.5 Å². The molecule has 1 N–H and O–H groups in total. The molecule has 176 valence electrons. The number of hydrogen-bond acceptors (Lipinski definition) is 6. The predicted molar refractivity (Wildman–Crippen MR) is 130 cm³/mol. The molecule has 0 amide bonds. The molecule has 0 unspecified atom stereocenters. The Morgan fingerprint density at radius 3 is 2.66 bits per heavy atom. The Morgan fingerprint density at radius 1 is 0.971 bits per heavy atom. The summed E-state index contributed by atoms with van der Waals surface area (Å²) in [4.78, 5) is 13.2. The van der Waals surface area contributed by atoms with Gasteiger partial charge >= 0.3 is 0 Å². The van der Waals surface area contributed by atoms with Crippen LogP contribution in [0.3, 0.4) is 0 Å². The molecule has 35 heavy (non-hydrogen) atoms. The third-order valence-corrected chi connectivity index (χ3v) is 5.74. The Morgan fingerprint density at radius 2 is 1.83 bits per heavy atom. The zero-order valence-electron chi connectivity index (χ0n) is 18.8. The van der Waals surface area contributed by atoms with Gasteiger partial charge in [0.25, 0.3) is 0 Å². The largest absolute Gasteiger partial charge is 0.506 e. The van der Waals surface area contributed by atoms with Crippen LogP contribution < -0.4 is 9.47 Å². The third kappa shape index (κ3) is 3.88. The van der Waals surface area contributed by atoms with Crippen molar-refractivity contribution < 1.29 is 35.6 Å². The molecule has 0 saturated heterocycles. The van der Waals surface area contributed by atoms with Crippen LogP contribution in [-0.2, 0) is 21.1 Å². The number of pyridine rings is 3. The van der Waals surface area contributed by atoms with E-state index in [4.69, 9.17) is 9.47 Å². The number of ether oxygens (including phenoxy) is 2. The number of aryl methyl sites for hydroxylation is 1. The van der Waals surface area contributed by atoms with Gasteiger partial charge in [0.1, 0.15) is 22.8 Å². The minimum absolute atomic E-state index is 0. The van der Waals surface area contributed by atoms with Crippen molar-refractivity contribution in [3.63, 3.8) is 0 Å². The zero-order valence-corrected chi connectivity index (χ0v) is 21.1. The van der Waals surface area contributed by atoms with Crippen molar-refractivity contribution in [2.45, 2.75) is 6.92 Å². The smallest absolute Gasteiger partial charge is 0.217 e. The van der Waals surface area contributed by atoms with E-state index >= 15 is 0 Å².